The van der Waals surface area contributed by atoms with Gasteiger partial charge in [0.15, 0.2) is 0 Å². The third-order valence-electron chi connectivity index (χ3n) is 2.91. The monoisotopic (exact) mass is 250 g/mol. The fourth-order valence-electron chi connectivity index (χ4n) is 1.78. The largest absolute Gasteiger partial charge is 0.381 e. The van der Waals surface area contributed by atoms with Gasteiger partial charge in [-0.05, 0) is 24.8 Å². The first-order valence-corrected chi connectivity index (χ1v) is 6.76. The van der Waals surface area contributed by atoms with Gasteiger partial charge in [-0.3, -0.25) is 0 Å². The van der Waals surface area contributed by atoms with Crippen molar-refractivity contribution in [3.05, 3.63) is 35.9 Å². The van der Waals surface area contributed by atoms with Crippen molar-refractivity contribution in [1.82, 2.24) is 0 Å². The molecule has 0 spiro atoms. The lowest BCUT2D eigenvalue weighted by Crippen LogP contribution is -2.03. The van der Waals surface area contributed by atoms with Crippen molar-refractivity contribution in [2.75, 3.05) is 26.4 Å². The first kappa shape index (κ1) is 13.5. The molecule has 0 radical (unpaired) electrons. The lowest BCUT2D eigenvalue weighted by Gasteiger charge is -2.05. The Balaban J connectivity index is 1.35. The van der Waals surface area contributed by atoms with E-state index in [1.807, 2.05) is 18.2 Å². The van der Waals surface area contributed by atoms with Crippen LogP contribution in [0.15, 0.2) is 30.3 Å². The highest BCUT2D eigenvalue weighted by Gasteiger charge is 2.20. The maximum absolute atomic E-state index is 5.57. The predicted octanol–water partition coefficient (Wildman–Crippen LogP) is 2.79. The molecule has 3 heteroatoms. The van der Waals surface area contributed by atoms with Crippen LogP contribution in [0.1, 0.15) is 24.8 Å². The molecule has 1 aliphatic rings. The van der Waals surface area contributed by atoms with Crippen LogP contribution in [-0.4, -0.2) is 32.5 Å². The van der Waals surface area contributed by atoms with Crippen LogP contribution in [0.25, 0.3) is 0 Å². The fraction of sp³-hybridized carbons (Fsp3) is 0.600. The third-order valence-corrected chi connectivity index (χ3v) is 2.91. The van der Waals surface area contributed by atoms with Crippen molar-refractivity contribution in [2.45, 2.75) is 32.0 Å². The van der Waals surface area contributed by atoms with Crippen LogP contribution in [0.5, 0.6) is 0 Å². The van der Waals surface area contributed by atoms with E-state index in [4.69, 9.17) is 14.2 Å². The van der Waals surface area contributed by atoms with E-state index in [1.165, 1.54) is 5.56 Å². The Labute approximate surface area is 109 Å². The molecule has 0 aromatic heterocycles. The van der Waals surface area contributed by atoms with Gasteiger partial charge in [-0.25, -0.2) is 0 Å². The Hall–Kier alpha value is -0.900. The Bertz CT molecular complexity index is 309. The van der Waals surface area contributed by atoms with Gasteiger partial charge in [0.25, 0.3) is 0 Å². The summed E-state index contributed by atoms with van der Waals surface area (Å²) in [5.74, 6) is 0. The second kappa shape index (κ2) is 8.25. The van der Waals surface area contributed by atoms with Gasteiger partial charge < -0.3 is 14.2 Å². The summed E-state index contributed by atoms with van der Waals surface area (Å²) in [4.78, 5) is 0. The molecular formula is C15H22O3. The van der Waals surface area contributed by atoms with Crippen LogP contribution in [0.3, 0.4) is 0 Å². The molecule has 0 bridgehead atoms. The van der Waals surface area contributed by atoms with Crippen LogP contribution in [0, 0.1) is 0 Å². The Kier molecular flexibility index (Phi) is 6.20. The second-order valence-corrected chi connectivity index (χ2v) is 4.60. The minimum atomic E-state index is 0.530. The van der Waals surface area contributed by atoms with Crippen LogP contribution in [0.4, 0.5) is 0 Å². The van der Waals surface area contributed by atoms with Gasteiger partial charge in [0, 0.05) is 19.8 Å². The molecule has 3 nitrogen and oxygen atoms in total. The maximum atomic E-state index is 5.57. The van der Waals surface area contributed by atoms with E-state index in [0.717, 1.165) is 45.7 Å². The van der Waals surface area contributed by atoms with Gasteiger partial charge in [-0.2, -0.15) is 0 Å². The van der Waals surface area contributed by atoms with Crippen molar-refractivity contribution in [3.8, 4) is 0 Å². The highest BCUT2D eigenvalue weighted by Crippen LogP contribution is 2.14. The van der Waals surface area contributed by atoms with E-state index in [1.54, 1.807) is 0 Å². The normalized spacial score (nSPS) is 17.9. The van der Waals surface area contributed by atoms with E-state index in [-0.39, 0.29) is 0 Å². The number of epoxide rings is 1. The Morgan fingerprint density at radius 2 is 1.72 bits per heavy atom. The van der Waals surface area contributed by atoms with E-state index < -0.39 is 0 Å². The molecule has 0 N–H and O–H groups in total. The summed E-state index contributed by atoms with van der Waals surface area (Å²) in [5, 5.41) is 0. The van der Waals surface area contributed by atoms with Gasteiger partial charge >= 0.3 is 0 Å². The molecular weight excluding hydrogens is 228 g/mol. The summed E-state index contributed by atoms with van der Waals surface area (Å²) in [7, 11) is 0. The standard InChI is InChI=1S/C15H22O3/c1-2-6-14(7-3-1)12-17-11-5-10-16-9-4-8-15-13-18-15/h1-3,6-7,15H,4-5,8-13H2/t15-/m0/s1. The maximum Gasteiger partial charge on any atom is 0.0810 e. The summed E-state index contributed by atoms with van der Waals surface area (Å²) >= 11 is 0. The number of rotatable bonds is 10. The average molecular weight is 250 g/mol. The van der Waals surface area contributed by atoms with E-state index >= 15 is 0 Å². The third kappa shape index (κ3) is 6.15. The molecule has 2 rings (SSSR count). The average Bonchev–Trinajstić information content (AvgIpc) is 3.22. The summed E-state index contributed by atoms with van der Waals surface area (Å²) in [6.07, 6.45) is 3.75. The van der Waals surface area contributed by atoms with Crippen molar-refractivity contribution >= 4 is 0 Å². The lowest BCUT2D eigenvalue weighted by molar-refractivity contribution is 0.0739. The smallest absolute Gasteiger partial charge is 0.0810 e. The predicted molar refractivity (Wildman–Crippen MR) is 70.5 cm³/mol. The van der Waals surface area contributed by atoms with Crippen LogP contribution in [-0.2, 0) is 20.8 Å². The quantitative estimate of drug-likeness (QED) is 0.472. The van der Waals surface area contributed by atoms with Gasteiger partial charge in [0.2, 0.25) is 0 Å². The summed E-state index contributed by atoms with van der Waals surface area (Å²) < 4.78 is 16.2. The van der Waals surface area contributed by atoms with Crippen molar-refractivity contribution in [1.29, 1.82) is 0 Å². The van der Waals surface area contributed by atoms with Crippen LogP contribution >= 0.6 is 0 Å². The molecule has 100 valence electrons. The second-order valence-electron chi connectivity index (χ2n) is 4.60. The number of ether oxygens (including phenoxy) is 3. The molecule has 1 fully saturated rings. The van der Waals surface area contributed by atoms with Crippen molar-refractivity contribution < 1.29 is 14.2 Å². The minimum Gasteiger partial charge on any atom is -0.381 e. The number of benzene rings is 1. The molecule has 1 saturated heterocycles. The Morgan fingerprint density at radius 1 is 1.00 bits per heavy atom. The highest BCUT2D eigenvalue weighted by molar-refractivity contribution is 5.13. The SMILES string of the molecule is c1ccc(COCCCOCCC[C@H]2CO2)cc1. The molecule has 1 atom stereocenters. The molecule has 0 saturated carbocycles. The van der Waals surface area contributed by atoms with Crippen molar-refractivity contribution in [3.63, 3.8) is 0 Å². The number of hydrogen-bond acceptors (Lipinski definition) is 3. The van der Waals surface area contributed by atoms with Gasteiger partial charge in [0.05, 0.1) is 19.3 Å². The lowest BCUT2D eigenvalue weighted by atomic mass is 10.2. The minimum absolute atomic E-state index is 0.530. The topological polar surface area (TPSA) is 31.0 Å². The van der Waals surface area contributed by atoms with Gasteiger partial charge in [-0.15, -0.1) is 0 Å². The molecule has 1 aliphatic heterocycles. The zero-order chi connectivity index (χ0) is 12.5. The molecule has 0 aliphatic carbocycles. The first-order chi connectivity index (χ1) is 8.95. The van der Waals surface area contributed by atoms with Crippen LogP contribution in [0.2, 0.25) is 0 Å². The molecule has 18 heavy (non-hydrogen) atoms. The van der Waals surface area contributed by atoms with E-state index in [2.05, 4.69) is 12.1 Å². The van der Waals surface area contributed by atoms with E-state index in [9.17, 15) is 0 Å². The van der Waals surface area contributed by atoms with Crippen molar-refractivity contribution in [2.24, 2.45) is 0 Å². The first-order valence-electron chi connectivity index (χ1n) is 6.76. The highest BCUT2D eigenvalue weighted by atomic mass is 16.6. The fourth-order valence-corrected chi connectivity index (χ4v) is 1.78. The molecule has 1 aromatic rings. The zero-order valence-corrected chi connectivity index (χ0v) is 10.8. The van der Waals surface area contributed by atoms with Crippen LogP contribution < -0.4 is 0 Å². The molecule has 0 amide bonds. The molecule has 1 aromatic carbocycles. The summed E-state index contributed by atoms with van der Waals surface area (Å²) in [6, 6.07) is 10.2. The molecule has 1 heterocycles. The number of hydrogen-bond donors (Lipinski definition) is 0. The summed E-state index contributed by atoms with van der Waals surface area (Å²) in [6.45, 7) is 4.05. The van der Waals surface area contributed by atoms with Gasteiger partial charge in [-0.1, -0.05) is 30.3 Å². The zero-order valence-electron chi connectivity index (χ0n) is 10.8. The van der Waals surface area contributed by atoms with Gasteiger partial charge in [0.1, 0.15) is 0 Å². The summed E-state index contributed by atoms with van der Waals surface area (Å²) in [5.41, 5.74) is 1.22. The Morgan fingerprint density at radius 3 is 2.50 bits per heavy atom. The van der Waals surface area contributed by atoms with E-state index in [0.29, 0.717) is 12.7 Å². The molecule has 0 unspecified atom stereocenters.